The van der Waals surface area contributed by atoms with E-state index in [2.05, 4.69) is 9.97 Å². The number of hydrogen-bond acceptors (Lipinski definition) is 7. The first-order chi connectivity index (χ1) is 13.7. The summed E-state index contributed by atoms with van der Waals surface area (Å²) in [6, 6.07) is 8.87. The molecule has 2 N–H and O–H groups in total. The predicted molar refractivity (Wildman–Crippen MR) is 107 cm³/mol. The van der Waals surface area contributed by atoms with Crippen LogP contribution in [-0.2, 0) is 14.6 Å². The maximum atomic E-state index is 12.3. The molecule has 1 aliphatic rings. The average molecular weight is 417 g/mol. The standard InChI is InChI=1S/C20H23N3O5S/c1-13(10-12-29(2,25)26)17-16(18(21)24)20(28-14-7-4-3-5-8-14)23-19(22-17)15-9-6-11-27-15/h3-5,7-8,10,12-13,15H,6,9,11H2,1-2H3,(H2,21,24)/b12-10+/t13-,15?/m0/s1. The summed E-state index contributed by atoms with van der Waals surface area (Å²) in [4.78, 5) is 21.2. The van der Waals surface area contributed by atoms with Gasteiger partial charge in [0.05, 0.1) is 5.69 Å². The summed E-state index contributed by atoms with van der Waals surface area (Å²) in [5.74, 6) is -0.387. The molecule has 154 valence electrons. The lowest BCUT2D eigenvalue weighted by molar-refractivity contribution is 0.0985. The lowest BCUT2D eigenvalue weighted by Crippen LogP contribution is -2.20. The molecule has 0 radical (unpaired) electrons. The molecule has 2 heterocycles. The largest absolute Gasteiger partial charge is 0.438 e. The molecule has 1 aromatic heterocycles. The molecule has 8 nitrogen and oxygen atoms in total. The molecule has 9 heteroatoms. The monoisotopic (exact) mass is 417 g/mol. The van der Waals surface area contributed by atoms with Crippen LogP contribution in [0.25, 0.3) is 0 Å². The van der Waals surface area contributed by atoms with Crippen molar-refractivity contribution in [2.45, 2.75) is 31.8 Å². The van der Waals surface area contributed by atoms with E-state index < -0.39 is 21.7 Å². The number of nitrogens with zero attached hydrogens (tertiary/aromatic N) is 2. The van der Waals surface area contributed by atoms with Gasteiger partial charge in [-0.05, 0) is 25.0 Å². The third kappa shape index (κ3) is 5.39. The fraction of sp³-hybridized carbons (Fsp3) is 0.350. The summed E-state index contributed by atoms with van der Waals surface area (Å²) in [5, 5.41) is 1.08. The Morgan fingerprint density at radius 2 is 2.03 bits per heavy atom. The molecule has 0 spiro atoms. The second-order valence-corrected chi connectivity index (χ2v) is 8.81. The SMILES string of the molecule is C[C@@H](/C=C/S(C)(=O)=O)c1nc(C2CCCO2)nc(Oc2ccccc2)c1C(N)=O. The molecule has 1 aromatic carbocycles. The summed E-state index contributed by atoms with van der Waals surface area (Å²) < 4.78 is 34.6. The first-order valence-electron chi connectivity index (χ1n) is 9.19. The van der Waals surface area contributed by atoms with Crippen molar-refractivity contribution in [2.24, 2.45) is 5.73 Å². The van der Waals surface area contributed by atoms with E-state index in [1.807, 2.05) is 6.07 Å². The molecular formula is C20H23N3O5S. The molecule has 29 heavy (non-hydrogen) atoms. The Hall–Kier alpha value is -2.78. The number of ether oxygens (including phenoxy) is 2. The van der Waals surface area contributed by atoms with Gasteiger partial charge in [-0.2, -0.15) is 4.98 Å². The highest BCUT2D eigenvalue weighted by Crippen LogP contribution is 2.34. The zero-order valence-corrected chi connectivity index (χ0v) is 17.1. The number of nitrogens with two attached hydrogens (primary N) is 1. The Morgan fingerprint density at radius 3 is 2.62 bits per heavy atom. The van der Waals surface area contributed by atoms with Gasteiger partial charge in [0.1, 0.15) is 17.4 Å². The Kier molecular flexibility index (Phi) is 6.29. The topological polar surface area (TPSA) is 121 Å². The third-order valence-electron chi connectivity index (χ3n) is 4.39. The van der Waals surface area contributed by atoms with Gasteiger partial charge < -0.3 is 15.2 Å². The van der Waals surface area contributed by atoms with Gasteiger partial charge in [0.2, 0.25) is 5.88 Å². The van der Waals surface area contributed by atoms with Crippen LogP contribution in [0, 0.1) is 0 Å². The van der Waals surface area contributed by atoms with Gasteiger partial charge in [0.15, 0.2) is 15.7 Å². The van der Waals surface area contributed by atoms with Gasteiger partial charge in [0.25, 0.3) is 5.91 Å². The van der Waals surface area contributed by atoms with Crippen molar-refractivity contribution in [1.82, 2.24) is 9.97 Å². The normalized spacial score (nSPS) is 18.1. The molecule has 0 bridgehead atoms. The highest BCUT2D eigenvalue weighted by atomic mass is 32.2. The Bertz CT molecular complexity index is 1020. The van der Waals surface area contributed by atoms with Gasteiger partial charge in [-0.25, -0.2) is 13.4 Å². The molecule has 1 saturated heterocycles. The number of hydrogen-bond donors (Lipinski definition) is 1. The van der Waals surface area contributed by atoms with Crippen molar-refractivity contribution in [1.29, 1.82) is 0 Å². The number of amides is 1. The zero-order valence-electron chi connectivity index (χ0n) is 16.2. The summed E-state index contributed by atoms with van der Waals surface area (Å²) in [6.45, 7) is 2.32. The van der Waals surface area contributed by atoms with E-state index in [0.29, 0.717) is 23.9 Å². The Morgan fingerprint density at radius 1 is 1.31 bits per heavy atom. The number of allylic oxidation sites excluding steroid dienone is 1. The van der Waals surface area contributed by atoms with Gasteiger partial charge in [0, 0.05) is 24.2 Å². The minimum atomic E-state index is -3.34. The molecule has 1 aliphatic heterocycles. The minimum absolute atomic E-state index is 0.0150. The fourth-order valence-electron chi connectivity index (χ4n) is 2.99. The van der Waals surface area contributed by atoms with Crippen LogP contribution in [0.2, 0.25) is 0 Å². The maximum Gasteiger partial charge on any atom is 0.256 e. The van der Waals surface area contributed by atoms with Crippen molar-refractivity contribution < 1.29 is 22.7 Å². The number of sulfone groups is 1. The summed E-state index contributed by atoms with van der Waals surface area (Å²) in [6.07, 6.45) is 3.84. The van der Waals surface area contributed by atoms with Crippen LogP contribution in [0.15, 0.2) is 41.8 Å². The fourth-order valence-corrected chi connectivity index (χ4v) is 3.51. The predicted octanol–water partition coefficient (Wildman–Crippen LogP) is 2.88. The van der Waals surface area contributed by atoms with Gasteiger partial charge in [-0.1, -0.05) is 31.2 Å². The van der Waals surface area contributed by atoms with Crippen molar-refractivity contribution in [3.05, 3.63) is 58.9 Å². The second-order valence-electron chi connectivity index (χ2n) is 6.87. The summed E-state index contributed by atoms with van der Waals surface area (Å²) in [5.41, 5.74) is 5.93. The molecule has 2 atom stereocenters. The van der Waals surface area contributed by atoms with Crippen LogP contribution in [0.1, 0.15) is 53.7 Å². The van der Waals surface area contributed by atoms with Crippen LogP contribution < -0.4 is 10.5 Å². The second kappa shape index (κ2) is 8.71. The molecule has 1 fully saturated rings. The van der Waals surface area contributed by atoms with Crippen LogP contribution in [0.5, 0.6) is 11.6 Å². The number of aromatic nitrogens is 2. The number of carbonyl (C=O) groups is 1. The lowest BCUT2D eigenvalue weighted by Gasteiger charge is -2.18. The third-order valence-corrected chi connectivity index (χ3v) is 5.04. The lowest BCUT2D eigenvalue weighted by atomic mass is 10.0. The van der Waals surface area contributed by atoms with Crippen LogP contribution in [0.3, 0.4) is 0 Å². The van der Waals surface area contributed by atoms with Crippen molar-refractivity contribution in [2.75, 3.05) is 12.9 Å². The van der Waals surface area contributed by atoms with E-state index >= 15 is 0 Å². The van der Waals surface area contributed by atoms with Crippen LogP contribution in [0.4, 0.5) is 0 Å². The zero-order chi connectivity index (χ0) is 21.0. The molecular weight excluding hydrogens is 394 g/mol. The molecule has 0 saturated carbocycles. The van der Waals surface area contributed by atoms with E-state index in [9.17, 15) is 13.2 Å². The molecule has 0 aliphatic carbocycles. The molecule has 1 amide bonds. The maximum absolute atomic E-state index is 12.3. The highest BCUT2D eigenvalue weighted by Gasteiger charge is 2.28. The molecule has 2 aromatic rings. The Balaban J connectivity index is 2.13. The van der Waals surface area contributed by atoms with Crippen molar-refractivity contribution in [3.8, 4) is 11.6 Å². The minimum Gasteiger partial charge on any atom is -0.438 e. The van der Waals surface area contributed by atoms with E-state index in [4.69, 9.17) is 15.2 Å². The van der Waals surface area contributed by atoms with Gasteiger partial charge >= 0.3 is 0 Å². The van der Waals surface area contributed by atoms with Crippen LogP contribution >= 0.6 is 0 Å². The molecule has 1 unspecified atom stereocenters. The van der Waals surface area contributed by atoms with Gasteiger partial charge in [-0.3, -0.25) is 4.79 Å². The van der Waals surface area contributed by atoms with Crippen LogP contribution in [-0.4, -0.2) is 37.2 Å². The highest BCUT2D eigenvalue weighted by molar-refractivity contribution is 7.93. The van der Waals surface area contributed by atoms with E-state index in [0.717, 1.165) is 24.5 Å². The number of benzene rings is 1. The molecule has 3 rings (SSSR count). The smallest absolute Gasteiger partial charge is 0.256 e. The van der Waals surface area contributed by atoms with Crippen molar-refractivity contribution >= 4 is 15.7 Å². The van der Waals surface area contributed by atoms with E-state index in [1.165, 1.54) is 6.08 Å². The number of rotatable bonds is 7. The number of para-hydroxylation sites is 1. The van der Waals surface area contributed by atoms with Gasteiger partial charge in [-0.15, -0.1) is 0 Å². The average Bonchev–Trinajstić information content (AvgIpc) is 3.20. The summed E-state index contributed by atoms with van der Waals surface area (Å²) >= 11 is 0. The van der Waals surface area contributed by atoms with Crippen molar-refractivity contribution in [3.63, 3.8) is 0 Å². The van der Waals surface area contributed by atoms with E-state index in [1.54, 1.807) is 31.2 Å². The summed E-state index contributed by atoms with van der Waals surface area (Å²) in [7, 11) is -3.34. The Labute approximate surface area is 169 Å². The quantitative estimate of drug-likeness (QED) is 0.735. The number of primary amides is 1. The first-order valence-corrected chi connectivity index (χ1v) is 11.1. The first kappa shape index (κ1) is 20.9. The number of carbonyl (C=O) groups excluding carboxylic acids is 1. The van der Waals surface area contributed by atoms with E-state index in [-0.39, 0.29) is 17.5 Å².